The quantitative estimate of drug-likeness (QED) is 0.574. The molecule has 0 aliphatic rings. The van der Waals surface area contributed by atoms with Crippen molar-refractivity contribution in [3.63, 3.8) is 0 Å². The van der Waals surface area contributed by atoms with Crippen LogP contribution in [0.5, 0.6) is 5.88 Å². The maximum atomic E-state index is 10.2. The summed E-state index contributed by atoms with van der Waals surface area (Å²) in [6.07, 6.45) is 0. The molecule has 0 saturated heterocycles. The summed E-state index contributed by atoms with van der Waals surface area (Å²) in [6, 6.07) is 0. The Hall–Kier alpha value is -1.10. The van der Waals surface area contributed by atoms with Crippen molar-refractivity contribution in [3.05, 3.63) is 5.69 Å². The number of carbonyl (C=O) groups excluding carboxylic acids is 1. The predicted octanol–water partition coefficient (Wildman–Crippen LogP) is 0.154. The standard InChI is InChI=1S/C3HClN2O3/c4-2(7)1-3(8)6-9-5-1/h(H,6,8). The van der Waals surface area contributed by atoms with Crippen molar-refractivity contribution >= 4 is 16.8 Å². The van der Waals surface area contributed by atoms with E-state index in [9.17, 15) is 4.79 Å². The van der Waals surface area contributed by atoms with Crippen molar-refractivity contribution in [3.8, 4) is 5.88 Å². The molecule has 0 saturated carbocycles. The zero-order valence-electron chi connectivity index (χ0n) is 4.04. The van der Waals surface area contributed by atoms with E-state index in [2.05, 4.69) is 14.9 Å². The molecular weight excluding hydrogens is 147 g/mol. The summed E-state index contributed by atoms with van der Waals surface area (Å²) >= 11 is 4.89. The van der Waals surface area contributed by atoms with E-state index in [0.717, 1.165) is 0 Å². The van der Waals surface area contributed by atoms with Crippen molar-refractivity contribution in [2.24, 2.45) is 0 Å². The van der Waals surface area contributed by atoms with E-state index in [1.54, 1.807) is 0 Å². The van der Waals surface area contributed by atoms with Crippen molar-refractivity contribution in [1.29, 1.82) is 0 Å². The molecule has 6 heteroatoms. The molecule has 0 atom stereocenters. The molecule has 0 bridgehead atoms. The largest absolute Gasteiger partial charge is 0.489 e. The Balaban J connectivity index is 3.08. The fourth-order valence-corrected chi connectivity index (χ4v) is 0.427. The number of hydrogen-bond donors (Lipinski definition) is 1. The molecule has 1 aromatic rings. The molecule has 1 N–H and O–H groups in total. The first-order valence-electron chi connectivity index (χ1n) is 1.93. The van der Waals surface area contributed by atoms with Gasteiger partial charge in [-0.1, -0.05) is 0 Å². The lowest BCUT2D eigenvalue weighted by molar-refractivity contribution is 0.107. The maximum Gasteiger partial charge on any atom is 0.285 e. The van der Waals surface area contributed by atoms with Crippen LogP contribution in [0.4, 0.5) is 0 Å². The first-order chi connectivity index (χ1) is 4.22. The number of aromatic hydroxyl groups is 1. The summed E-state index contributed by atoms with van der Waals surface area (Å²) in [6.45, 7) is 0. The van der Waals surface area contributed by atoms with Gasteiger partial charge in [0.2, 0.25) is 5.69 Å². The van der Waals surface area contributed by atoms with Crippen LogP contribution in [0, 0.1) is 0 Å². The molecular formula is C3HClN2O3. The average Bonchev–Trinajstić information content (AvgIpc) is 2.13. The molecule has 48 valence electrons. The lowest BCUT2D eigenvalue weighted by atomic mass is 10.5. The molecule has 5 nitrogen and oxygen atoms in total. The van der Waals surface area contributed by atoms with Crippen LogP contribution in [0.25, 0.3) is 0 Å². The van der Waals surface area contributed by atoms with Gasteiger partial charge in [0.15, 0.2) is 0 Å². The number of nitrogens with zero attached hydrogens (tertiary/aromatic N) is 2. The lowest BCUT2D eigenvalue weighted by Crippen LogP contribution is -1.87. The topological polar surface area (TPSA) is 76.2 Å². The van der Waals surface area contributed by atoms with Crippen LogP contribution in [-0.2, 0) is 0 Å². The summed E-state index contributed by atoms with van der Waals surface area (Å²) in [5.74, 6) is -0.588. The van der Waals surface area contributed by atoms with Gasteiger partial charge in [-0.25, -0.2) is 4.63 Å². The van der Waals surface area contributed by atoms with Gasteiger partial charge in [0.05, 0.1) is 0 Å². The molecule has 0 aliphatic heterocycles. The Morgan fingerprint density at radius 2 is 2.33 bits per heavy atom. The molecule has 1 heterocycles. The minimum atomic E-state index is -0.895. The van der Waals surface area contributed by atoms with Gasteiger partial charge in [-0.3, -0.25) is 4.79 Å². The van der Waals surface area contributed by atoms with E-state index in [-0.39, 0.29) is 5.69 Å². The Morgan fingerprint density at radius 1 is 1.67 bits per heavy atom. The van der Waals surface area contributed by atoms with Crippen molar-refractivity contribution < 1.29 is 14.5 Å². The van der Waals surface area contributed by atoms with Crippen LogP contribution in [0.3, 0.4) is 0 Å². The lowest BCUT2D eigenvalue weighted by Gasteiger charge is -1.77. The normalized spacial score (nSPS) is 9.44. The van der Waals surface area contributed by atoms with Gasteiger partial charge in [0.25, 0.3) is 11.1 Å². The Labute approximate surface area is 54.2 Å². The van der Waals surface area contributed by atoms with Gasteiger partial charge < -0.3 is 5.11 Å². The smallest absolute Gasteiger partial charge is 0.285 e. The highest BCUT2D eigenvalue weighted by Crippen LogP contribution is 2.11. The molecule has 0 aliphatic carbocycles. The average molecular weight is 149 g/mol. The minimum Gasteiger partial charge on any atom is -0.489 e. The first kappa shape index (κ1) is 6.03. The minimum absolute atomic E-state index is 0.364. The fraction of sp³-hybridized carbons (Fsp3) is 0. The number of rotatable bonds is 1. The summed E-state index contributed by atoms with van der Waals surface area (Å²) in [5.41, 5.74) is -0.364. The summed E-state index contributed by atoms with van der Waals surface area (Å²) in [4.78, 5) is 10.2. The van der Waals surface area contributed by atoms with E-state index in [0.29, 0.717) is 0 Å². The van der Waals surface area contributed by atoms with Crippen molar-refractivity contribution in [1.82, 2.24) is 10.3 Å². The van der Waals surface area contributed by atoms with Crippen LogP contribution in [0.15, 0.2) is 4.63 Å². The van der Waals surface area contributed by atoms with Gasteiger partial charge in [-0.2, -0.15) is 0 Å². The molecule has 1 rings (SSSR count). The van der Waals surface area contributed by atoms with Gasteiger partial charge in [-0.05, 0) is 21.9 Å². The number of aromatic nitrogens is 2. The third-order valence-electron chi connectivity index (χ3n) is 0.657. The highest BCUT2D eigenvalue weighted by atomic mass is 35.5. The molecule has 0 aromatic carbocycles. The number of halogens is 1. The van der Waals surface area contributed by atoms with Crippen molar-refractivity contribution in [2.75, 3.05) is 0 Å². The molecule has 0 radical (unpaired) electrons. The highest BCUT2D eigenvalue weighted by Gasteiger charge is 2.13. The van der Waals surface area contributed by atoms with Crippen LogP contribution in [0.1, 0.15) is 10.5 Å². The highest BCUT2D eigenvalue weighted by molar-refractivity contribution is 6.67. The van der Waals surface area contributed by atoms with E-state index >= 15 is 0 Å². The molecule has 0 fully saturated rings. The Morgan fingerprint density at radius 3 is 2.56 bits per heavy atom. The monoisotopic (exact) mass is 148 g/mol. The third-order valence-corrected chi connectivity index (χ3v) is 0.836. The van der Waals surface area contributed by atoms with Crippen LogP contribution >= 0.6 is 11.6 Å². The third kappa shape index (κ3) is 0.996. The fourth-order valence-electron chi connectivity index (χ4n) is 0.308. The zero-order valence-corrected chi connectivity index (χ0v) is 4.79. The Kier molecular flexibility index (Phi) is 1.35. The van der Waals surface area contributed by atoms with Crippen molar-refractivity contribution in [2.45, 2.75) is 0 Å². The van der Waals surface area contributed by atoms with E-state index in [4.69, 9.17) is 16.7 Å². The van der Waals surface area contributed by atoms with Gasteiger partial charge >= 0.3 is 0 Å². The van der Waals surface area contributed by atoms with E-state index < -0.39 is 11.1 Å². The summed E-state index contributed by atoms with van der Waals surface area (Å²) in [5, 5.41) is 13.6. The molecule has 0 spiro atoms. The van der Waals surface area contributed by atoms with Crippen LogP contribution < -0.4 is 0 Å². The second kappa shape index (κ2) is 2.02. The Bertz CT molecular complexity index is 233. The first-order valence-corrected chi connectivity index (χ1v) is 2.31. The van der Waals surface area contributed by atoms with Gasteiger partial charge in [0.1, 0.15) is 0 Å². The number of hydrogen-bond acceptors (Lipinski definition) is 5. The second-order valence-corrected chi connectivity index (χ2v) is 1.55. The van der Waals surface area contributed by atoms with Crippen LogP contribution in [-0.4, -0.2) is 20.7 Å². The van der Waals surface area contributed by atoms with Gasteiger partial charge in [0, 0.05) is 0 Å². The van der Waals surface area contributed by atoms with Gasteiger partial charge in [-0.15, -0.1) is 0 Å². The number of carbonyl (C=O) groups is 1. The molecule has 9 heavy (non-hydrogen) atoms. The zero-order chi connectivity index (χ0) is 6.85. The van der Waals surface area contributed by atoms with Crippen LogP contribution in [0.2, 0.25) is 0 Å². The van der Waals surface area contributed by atoms with E-state index in [1.165, 1.54) is 0 Å². The second-order valence-electron chi connectivity index (χ2n) is 1.21. The summed E-state index contributed by atoms with van der Waals surface area (Å²) in [7, 11) is 0. The maximum absolute atomic E-state index is 10.2. The summed E-state index contributed by atoms with van der Waals surface area (Å²) < 4.78 is 3.95. The molecule has 0 unspecified atom stereocenters. The molecule has 1 aromatic heterocycles. The predicted molar refractivity (Wildman–Crippen MR) is 26.1 cm³/mol. The SMILES string of the molecule is O=C(Cl)c1nonc1O. The molecule has 0 amide bonds. The van der Waals surface area contributed by atoms with E-state index in [1.807, 2.05) is 0 Å².